The Morgan fingerprint density at radius 2 is 1.07 bits per heavy atom. The number of pyridine rings is 2. The van der Waals surface area contributed by atoms with Gasteiger partial charge in [0.2, 0.25) is 0 Å². The van der Waals surface area contributed by atoms with Crippen LogP contribution in [0.2, 0.25) is 0 Å². The molecular weight excluding hydrogens is 685 g/mol. The van der Waals surface area contributed by atoms with E-state index in [1.807, 2.05) is 0 Å². The van der Waals surface area contributed by atoms with Crippen LogP contribution in [0.3, 0.4) is 0 Å². The Hall–Kier alpha value is -7.18. The minimum atomic E-state index is -0.786. The summed E-state index contributed by atoms with van der Waals surface area (Å²) in [6.45, 7) is 4.81. The van der Waals surface area contributed by atoms with Crippen molar-refractivity contribution in [3.05, 3.63) is 192 Å². The van der Waals surface area contributed by atoms with Crippen LogP contribution in [-0.4, -0.2) is 4.57 Å². The highest BCUT2D eigenvalue weighted by molar-refractivity contribution is 6.19. The number of anilines is 9. The topological polar surface area (TPSA) is 22.4 Å². The third-order valence-electron chi connectivity index (χ3n) is 13.4. The second kappa shape index (κ2) is 9.54. The summed E-state index contributed by atoms with van der Waals surface area (Å²) in [7, 11) is 0. The minimum absolute atomic E-state index is 0.247. The molecule has 14 rings (SSSR count). The monoisotopic (exact) mass is 718 g/mol. The van der Waals surface area contributed by atoms with E-state index in [0.29, 0.717) is 0 Å². The largest absolute Gasteiger partial charge is 0.318 e. The van der Waals surface area contributed by atoms with Gasteiger partial charge in [0.25, 0.3) is 5.82 Å². The lowest BCUT2D eigenvalue weighted by molar-refractivity contribution is -0.964. The van der Waals surface area contributed by atoms with Crippen molar-refractivity contribution in [3.8, 4) is 5.82 Å². The summed E-state index contributed by atoms with van der Waals surface area (Å²) in [4.78, 5) is 7.56. The quantitative estimate of drug-likeness (QED) is 0.166. The van der Waals surface area contributed by atoms with E-state index in [2.05, 4.69) is 212 Å². The highest BCUT2D eigenvalue weighted by Crippen LogP contribution is 2.65. The van der Waals surface area contributed by atoms with Gasteiger partial charge in [-0.25, -0.2) is 0 Å². The van der Waals surface area contributed by atoms with Crippen molar-refractivity contribution in [2.75, 3.05) is 14.7 Å². The number of aromatic nitrogens is 3. The second-order valence-electron chi connectivity index (χ2n) is 16.2. The number of benzene rings is 6. The molecule has 9 aromatic rings. The fraction of sp³-hybridized carbons (Fsp3) is 0.0800. The average molecular weight is 719 g/mol. The minimum Gasteiger partial charge on any atom is -0.309 e. The summed E-state index contributed by atoms with van der Waals surface area (Å²) in [5, 5.41) is 2.53. The number of rotatable bonds is 2. The first-order valence-corrected chi connectivity index (χ1v) is 19.6. The molecule has 6 heteroatoms. The van der Waals surface area contributed by atoms with E-state index < -0.39 is 5.66 Å². The molecule has 0 fully saturated rings. The van der Waals surface area contributed by atoms with E-state index in [0.717, 1.165) is 22.9 Å². The van der Waals surface area contributed by atoms with Gasteiger partial charge < -0.3 is 4.90 Å². The number of hydrogen-bond donors (Lipinski definition) is 0. The SMILES string of the molecule is CC1(C)c2ccccc2N2c3c1ccc1c3C3(c4c(ccc5c6cccc7c6n(c45)-c4c(ccc[n+]43)N7c3ccccc3)N1c1ccccc1)[n+]1ccccc12. The van der Waals surface area contributed by atoms with Gasteiger partial charge in [0.15, 0.2) is 16.7 Å². The normalized spacial score (nSPS) is 17.9. The van der Waals surface area contributed by atoms with Crippen LogP contribution in [0.1, 0.15) is 36.1 Å². The van der Waals surface area contributed by atoms with Gasteiger partial charge in [-0.05, 0) is 78.9 Å². The highest BCUT2D eigenvalue weighted by Gasteiger charge is 2.67. The van der Waals surface area contributed by atoms with Crippen LogP contribution in [0.25, 0.3) is 27.6 Å². The molecule has 0 saturated heterocycles. The number of hydrogen-bond acceptors (Lipinski definition) is 3. The standard InChI is InChI=1S/C50H34N6/c1-49(2)35-20-9-10-21-37(35)55-42-24-11-12-29-51(42)50-43-38(53(31-15-5-3-6-16-31)39-28-26-36(49)47(55)44(39)50)27-25-34-33-19-13-22-40-45(33)56(46(34)43)48-41(23-14-30-52(48)50)54(40)32-17-7-4-8-18-32/h3-30H,1-2H3/q+2. The van der Waals surface area contributed by atoms with Gasteiger partial charge in [-0.2, -0.15) is 18.6 Å². The lowest BCUT2D eigenvalue weighted by Crippen LogP contribution is -2.79. The number of nitrogens with zero attached hydrogens (tertiary/aromatic N) is 6. The zero-order chi connectivity index (χ0) is 36.7. The molecule has 1 atom stereocenters. The van der Waals surface area contributed by atoms with Crippen molar-refractivity contribution >= 4 is 73.1 Å². The summed E-state index contributed by atoms with van der Waals surface area (Å²) < 4.78 is 7.80. The predicted molar refractivity (Wildman–Crippen MR) is 222 cm³/mol. The Labute approximate surface area is 323 Å². The second-order valence-corrected chi connectivity index (χ2v) is 16.2. The van der Waals surface area contributed by atoms with E-state index in [9.17, 15) is 0 Å². The highest BCUT2D eigenvalue weighted by atomic mass is 15.4. The van der Waals surface area contributed by atoms with E-state index in [1.54, 1.807) is 0 Å². The fourth-order valence-electron chi connectivity index (χ4n) is 11.3. The van der Waals surface area contributed by atoms with Gasteiger partial charge >= 0.3 is 11.5 Å². The van der Waals surface area contributed by atoms with Gasteiger partial charge in [0.05, 0.1) is 29.5 Å². The van der Waals surface area contributed by atoms with Gasteiger partial charge in [0, 0.05) is 44.8 Å². The van der Waals surface area contributed by atoms with Crippen LogP contribution in [0.15, 0.2) is 170 Å². The molecule has 0 radical (unpaired) electrons. The smallest absolute Gasteiger partial charge is 0.309 e. The lowest BCUT2D eigenvalue weighted by atomic mass is 9.69. The van der Waals surface area contributed by atoms with Crippen LogP contribution in [0, 0.1) is 0 Å². The average Bonchev–Trinajstić information content (AvgIpc) is 3.59. The molecule has 5 aliphatic rings. The Kier molecular flexibility index (Phi) is 4.98. The molecule has 8 heterocycles. The third kappa shape index (κ3) is 3.01. The predicted octanol–water partition coefficient (Wildman–Crippen LogP) is 11.0. The first kappa shape index (κ1) is 29.2. The van der Waals surface area contributed by atoms with Gasteiger partial charge in [0.1, 0.15) is 22.5 Å². The van der Waals surface area contributed by atoms with Crippen molar-refractivity contribution in [1.82, 2.24) is 4.57 Å². The summed E-state index contributed by atoms with van der Waals surface area (Å²) in [6, 6.07) is 58.6. The molecule has 0 saturated carbocycles. The van der Waals surface area contributed by atoms with Crippen molar-refractivity contribution < 1.29 is 9.13 Å². The molecule has 262 valence electrons. The van der Waals surface area contributed by atoms with Crippen molar-refractivity contribution in [2.24, 2.45) is 0 Å². The molecule has 0 bridgehead atoms. The molecule has 6 aromatic carbocycles. The van der Waals surface area contributed by atoms with E-state index >= 15 is 0 Å². The maximum Gasteiger partial charge on any atom is 0.318 e. The zero-order valence-electron chi connectivity index (χ0n) is 30.8. The lowest BCUT2D eigenvalue weighted by Gasteiger charge is -2.50. The van der Waals surface area contributed by atoms with E-state index in [-0.39, 0.29) is 5.41 Å². The summed E-state index contributed by atoms with van der Waals surface area (Å²) in [5.41, 5.74) is 16.2. The Bertz CT molecular complexity index is 3250. The van der Waals surface area contributed by atoms with Crippen LogP contribution >= 0.6 is 0 Å². The molecule has 1 unspecified atom stereocenters. The number of fused-ring (bicyclic) bond motifs is 5. The number of para-hydroxylation sites is 4. The first-order valence-electron chi connectivity index (χ1n) is 19.6. The molecule has 0 aliphatic carbocycles. The van der Waals surface area contributed by atoms with Gasteiger partial charge in [-0.3, -0.25) is 4.90 Å². The van der Waals surface area contributed by atoms with Crippen LogP contribution < -0.4 is 23.8 Å². The van der Waals surface area contributed by atoms with Crippen LogP contribution in [-0.2, 0) is 11.1 Å². The Balaban J connectivity index is 1.27. The Morgan fingerprint density at radius 1 is 0.429 bits per heavy atom. The van der Waals surface area contributed by atoms with Crippen molar-refractivity contribution in [1.29, 1.82) is 0 Å². The molecule has 3 aromatic heterocycles. The molecule has 5 aliphatic heterocycles. The zero-order valence-corrected chi connectivity index (χ0v) is 30.8. The van der Waals surface area contributed by atoms with E-state index in [1.165, 1.54) is 78.3 Å². The maximum atomic E-state index is 2.62. The Morgan fingerprint density at radius 3 is 1.89 bits per heavy atom. The molecule has 56 heavy (non-hydrogen) atoms. The maximum absolute atomic E-state index is 2.62. The summed E-state index contributed by atoms with van der Waals surface area (Å²) >= 11 is 0. The third-order valence-corrected chi connectivity index (χ3v) is 13.4. The van der Waals surface area contributed by atoms with Crippen molar-refractivity contribution in [2.45, 2.75) is 24.9 Å². The van der Waals surface area contributed by atoms with Crippen LogP contribution in [0.5, 0.6) is 0 Å². The molecule has 0 amide bonds. The molecular formula is C50H34N6+2. The first-order chi connectivity index (χ1) is 27.6. The fourth-order valence-corrected chi connectivity index (χ4v) is 11.3. The summed E-state index contributed by atoms with van der Waals surface area (Å²) in [6.07, 6.45) is 4.67. The molecule has 6 nitrogen and oxygen atoms in total. The summed E-state index contributed by atoms with van der Waals surface area (Å²) in [5.74, 6) is 2.31. The van der Waals surface area contributed by atoms with E-state index in [4.69, 9.17) is 0 Å². The van der Waals surface area contributed by atoms with Crippen LogP contribution in [0.4, 0.5) is 51.3 Å². The molecule has 0 N–H and O–H groups in total. The van der Waals surface area contributed by atoms with Crippen molar-refractivity contribution in [3.63, 3.8) is 0 Å². The van der Waals surface area contributed by atoms with Gasteiger partial charge in [-0.1, -0.05) is 86.6 Å². The van der Waals surface area contributed by atoms with Gasteiger partial charge in [-0.15, -0.1) is 0 Å². The molecule has 1 spiro atoms.